The molecular weight excluding hydrogens is 250 g/mol. The standard InChI is InChI=1S/C9H9F4NO.ClH/c10-8-2-1-6(15-4-3-14)5-7(8)9(11,12)13;/h1-2,5H,3-4,14H2;1H. The molecule has 0 saturated carbocycles. The van der Waals surface area contributed by atoms with Gasteiger partial charge in [0.25, 0.3) is 0 Å². The lowest BCUT2D eigenvalue weighted by Gasteiger charge is -2.10. The minimum Gasteiger partial charge on any atom is -0.492 e. The van der Waals surface area contributed by atoms with E-state index in [1.807, 2.05) is 0 Å². The van der Waals surface area contributed by atoms with Crippen molar-refractivity contribution in [2.24, 2.45) is 5.73 Å². The number of benzene rings is 1. The lowest BCUT2D eigenvalue weighted by Crippen LogP contribution is -2.12. The maximum absolute atomic E-state index is 12.8. The van der Waals surface area contributed by atoms with Crippen LogP contribution in [0.1, 0.15) is 5.56 Å². The summed E-state index contributed by atoms with van der Waals surface area (Å²) >= 11 is 0. The van der Waals surface area contributed by atoms with Gasteiger partial charge in [-0.15, -0.1) is 12.4 Å². The lowest BCUT2D eigenvalue weighted by molar-refractivity contribution is -0.140. The number of hydrogen-bond donors (Lipinski definition) is 1. The molecule has 0 aliphatic heterocycles. The topological polar surface area (TPSA) is 35.2 Å². The summed E-state index contributed by atoms with van der Waals surface area (Å²) in [5.41, 5.74) is 3.77. The van der Waals surface area contributed by atoms with Gasteiger partial charge >= 0.3 is 6.18 Å². The van der Waals surface area contributed by atoms with Gasteiger partial charge in [-0.25, -0.2) is 4.39 Å². The molecule has 1 aromatic carbocycles. The van der Waals surface area contributed by atoms with Crippen molar-refractivity contribution in [3.63, 3.8) is 0 Å². The van der Waals surface area contributed by atoms with Gasteiger partial charge in [0.1, 0.15) is 18.2 Å². The highest BCUT2D eigenvalue weighted by atomic mass is 35.5. The van der Waals surface area contributed by atoms with Crippen molar-refractivity contribution in [3.8, 4) is 5.75 Å². The molecule has 0 fully saturated rings. The summed E-state index contributed by atoms with van der Waals surface area (Å²) in [6.45, 7) is 0.266. The molecule has 2 nitrogen and oxygen atoms in total. The molecule has 0 unspecified atom stereocenters. The van der Waals surface area contributed by atoms with Gasteiger partial charge < -0.3 is 10.5 Å². The normalized spacial score (nSPS) is 10.8. The third kappa shape index (κ3) is 3.86. The highest BCUT2D eigenvalue weighted by Crippen LogP contribution is 2.33. The van der Waals surface area contributed by atoms with Crippen LogP contribution in [0.2, 0.25) is 0 Å². The Morgan fingerprint density at radius 1 is 1.25 bits per heavy atom. The van der Waals surface area contributed by atoms with Crippen molar-refractivity contribution in [2.75, 3.05) is 13.2 Å². The fraction of sp³-hybridized carbons (Fsp3) is 0.333. The monoisotopic (exact) mass is 259 g/mol. The summed E-state index contributed by atoms with van der Waals surface area (Å²) in [7, 11) is 0. The molecule has 0 radical (unpaired) electrons. The van der Waals surface area contributed by atoms with Crippen molar-refractivity contribution >= 4 is 12.4 Å². The van der Waals surface area contributed by atoms with Crippen molar-refractivity contribution < 1.29 is 22.3 Å². The Bertz CT molecular complexity index is 343. The SMILES string of the molecule is Cl.NCCOc1ccc(F)c(C(F)(F)F)c1. The molecule has 1 rings (SSSR count). The first-order chi connectivity index (χ1) is 6.95. The average molecular weight is 260 g/mol. The molecule has 0 aliphatic carbocycles. The number of ether oxygens (including phenoxy) is 1. The smallest absolute Gasteiger partial charge is 0.419 e. The molecule has 0 saturated heterocycles. The zero-order chi connectivity index (χ0) is 11.5. The molecule has 16 heavy (non-hydrogen) atoms. The summed E-state index contributed by atoms with van der Waals surface area (Å²) < 4.78 is 54.3. The van der Waals surface area contributed by atoms with E-state index in [0.717, 1.165) is 6.07 Å². The quantitative estimate of drug-likeness (QED) is 0.847. The van der Waals surface area contributed by atoms with Gasteiger partial charge in [0.15, 0.2) is 0 Å². The zero-order valence-corrected chi connectivity index (χ0v) is 8.87. The van der Waals surface area contributed by atoms with Crippen molar-refractivity contribution in [3.05, 3.63) is 29.6 Å². The Hall–Kier alpha value is -1.01. The maximum atomic E-state index is 12.8. The Kier molecular flexibility index (Phi) is 5.53. The van der Waals surface area contributed by atoms with Crippen LogP contribution in [-0.4, -0.2) is 13.2 Å². The van der Waals surface area contributed by atoms with Crippen molar-refractivity contribution in [1.29, 1.82) is 0 Å². The van der Waals surface area contributed by atoms with Crippen LogP contribution in [0.15, 0.2) is 18.2 Å². The molecular formula is C9H10ClF4NO. The zero-order valence-electron chi connectivity index (χ0n) is 8.05. The Morgan fingerprint density at radius 3 is 2.38 bits per heavy atom. The molecule has 0 atom stereocenters. The molecule has 92 valence electrons. The van der Waals surface area contributed by atoms with Gasteiger partial charge in [0.05, 0.1) is 5.56 Å². The first-order valence-electron chi connectivity index (χ1n) is 4.15. The van der Waals surface area contributed by atoms with Gasteiger partial charge in [-0.2, -0.15) is 13.2 Å². The summed E-state index contributed by atoms with van der Waals surface area (Å²) in [5.74, 6) is -1.36. The van der Waals surface area contributed by atoms with Gasteiger partial charge in [-0.3, -0.25) is 0 Å². The van der Waals surface area contributed by atoms with E-state index in [1.165, 1.54) is 0 Å². The van der Waals surface area contributed by atoms with E-state index in [1.54, 1.807) is 0 Å². The molecule has 2 N–H and O–H groups in total. The molecule has 0 amide bonds. The number of halogens is 5. The highest BCUT2D eigenvalue weighted by molar-refractivity contribution is 5.85. The van der Waals surface area contributed by atoms with Gasteiger partial charge in [-0.05, 0) is 18.2 Å². The first-order valence-corrected chi connectivity index (χ1v) is 4.15. The van der Waals surface area contributed by atoms with E-state index in [4.69, 9.17) is 10.5 Å². The fourth-order valence-electron chi connectivity index (χ4n) is 0.988. The number of rotatable bonds is 3. The van der Waals surface area contributed by atoms with E-state index >= 15 is 0 Å². The van der Waals surface area contributed by atoms with Crippen LogP contribution in [0.4, 0.5) is 17.6 Å². The van der Waals surface area contributed by atoms with Crippen LogP contribution in [0.5, 0.6) is 5.75 Å². The van der Waals surface area contributed by atoms with E-state index in [2.05, 4.69) is 0 Å². The molecule has 0 bridgehead atoms. The summed E-state index contributed by atoms with van der Waals surface area (Å²) in [4.78, 5) is 0. The highest BCUT2D eigenvalue weighted by Gasteiger charge is 2.34. The molecule has 0 spiro atoms. The van der Waals surface area contributed by atoms with Gasteiger partial charge in [0.2, 0.25) is 0 Å². The van der Waals surface area contributed by atoms with Crippen molar-refractivity contribution in [1.82, 2.24) is 0 Å². The number of hydrogen-bond acceptors (Lipinski definition) is 2. The molecule has 0 heterocycles. The Morgan fingerprint density at radius 2 is 1.88 bits per heavy atom. The van der Waals surface area contributed by atoms with E-state index in [-0.39, 0.29) is 31.3 Å². The maximum Gasteiger partial charge on any atom is 0.419 e. The van der Waals surface area contributed by atoms with Crippen LogP contribution >= 0.6 is 12.4 Å². The van der Waals surface area contributed by atoms with E-state index < -0.39 is 17.6 Å². The first kappa shape index (κ1) is 15.0. The second-order valence-corrected chi connectivity index (χ2v) is 2.78. The van der Waals surface area contributed by atoms with E-state index in [9.17, 15) is 17.6 Å². The second kappa shape index (κ2) is 5.91. The minimum absolute atomic E-state index is 0. The van der Waals surface area contributed by atoms with Crippen LogP contribution in [0.3, 0.4) is 0 Å². The minimum atomic E-state index is -4.72. The lowest BCUT2D eigenvalue weighted by atomic mass is 10.2. The third-order valence-corrected chi connectivity index (χ3v) is 1.63. The average Bonchev–Trinajstić information content (AvgIpc) is 2.15. The summed E-state index contributed by atoms with van der Waals surface area (Å²) in [6, 6.07) is 2.46. The fourth-order valence-corrected chi connectivity index (χ4v) is 0.988. The molecule has 1 aromatic rings. The largest absolute Gasteiger partial charge is 0.492 e. The van der Waals surface area contributed by atoms with Gasteiger partial charge in [0, 0.05) is 6.54 Å². The van der Waals surface area contributed by atoms with E-state index in [0.29, 0.717) is 12.1 Å². The van der Waals surface area contributed by atoms with Gasteiger partial charge in [-0.1, -0.05) is 0 Å². The third-order valence-electron chi connectivity index (χ3n) is 1.63. The summed E-state index contributed by atoms with van der Waals surface area (Å²) in [5, 5.41) is 0. The molecule has 0 aliphatic rings. The van der Waals surface area contributed by atoms with Crippen molar-refractivity contribution in [2.45, 2.75) is 6.18 Å². The van der Waals surface area contributed by atoms with Crippen LogP contribution < -0.4 is 10.5 Å². The number of nitrogens with two attached hydrogens (primary N) is 1. The van der Waals surface area contributed by atoms with Crippen LogP contribution in [-0.2, 0) is 6.18 Å². The van der Waals surface area contributed by atoms with Crippen LogP contribution in [0.25, 0.3) is 0 Å². The predicted molar refractivity (Wildman–Crippen MR) is 53.2 cm³/mol. The second-order valence-electron chi connectivity index (χ2n) is 2.78. The molecule has 7 heteroatoms. The predicted octanol–water partition coefficient (Wildman–Crippen LogP) is 2.60. The Balaban J connectivity index is 0.00000225. The van der Waals surface area contributed by atoms with Crippen LogP contribution in [0, 0.1) is 5.82 Å². The number of alkyl halides is 3. The molecule has 0 aromatic heterocycles. The summed E-state index contributed by atoms with van der Waals surface area (Å²) in [6.07, 6.45) is -4.72. The Labute approximate surface area is 95.8 Å².